The lowest BCUT2D eigenvalue weighted by molar-refractivity contribution is -0.148. The van der Waals surface area contributed by atoms with Gasteiger partial charge in [0.15, 0.2) is 0 Å². The topological polar surface area (TPSA) is 33.1 Å². The van der Waals surface area contributed by atoms with E-state index in [1.165, 1.54) is 4.90 Å². The summed E-state index contributed by atoms with van der Waals surface area (Å²) in [6.07, 6.45) is 1.98. The number of rotatable bonds is 5. The van der Waals surface area contributed by atoms with Gasteiger partial charge < -0.3 is 9.88 Å². The van der Waals surface area contributed by atoms with Gasteiger partial charge in [-0.05, 0) is 25.9 Å². The molecular formula is C13H21F3N4. The van der Waals surface area contributed by atoms with Crippen molar-refractivity contribution in [3.63, 3.8) is 0 Å². The van der Waals surface area contributed by atoms with Crippen LogP contribution in [0.2, 0.25) is 0 Å². The van der Waals surface area contributed by atoms with E-state index in [1.54, 1.807) is 6.20 Å². The molecule has 7 heteroatoms. The summed E-state index contributed by atoms with van der Waals surface area (Å²) in [6, 6.07) is 0.319. The first-order valence-electron chi connectivity index (χ1n) is 6.93. The molecule has 0 spiro atoms. The number of aryl methyl sites for hydroxylation is 1. The summed E-state index contributed by atoms with van der Waals surface area (Å²) in [6.45, 7) is 1.06. The second-order valence-corrected chi connectivity index (χ2v) is 5.32. The van der Waals surface area contributed by atoms with Crippen LogP contribution >= 0.6 is 0 Å². The number of nitrogens with zero attached hydrogens (tertiary/aromatic N) is 3. The highest BCUT2D eigenvalue weighted by Gasteiger charge is 2.32. The Hall–Kier alpha value is -1.08. The molecule has 0 amide bonds. The molecule has 1 aliphatic heterocycles. The highest BCUT2D eigenvalue weighted by atomic mass is 19.4. The van der Waals surface area contributed by atoms with Gasteiger partial charge in [-0.3, -0.25) is 4.90 Å². The van der Waals surface area contributed by atoms with Gasteiger partial charge in [-0.1, -0.05) is 0 Å². The minimum Gasteiger partial charge on any atom is -0.338 e. The van der Waals surface area contributed by atoms with Crippen LogP contribution < -0.4 is 5.32 Å². The van der Waals surface area contributed by atoms with Gasteiger partial charge >= 0.3 is 6.18 Å². The third-order valence-corrected chi connectivity index (χ3v) is 3.69. The Morgan fingerprint density at radius 1 is 1.35 bits per heavy atom. The van der Waals surface area contributed by atoms with E-state index in [2.05, 4.69) is 10.3 Å². The van der Waals surface area contributed by atoms with Crippen LogP contribution in [-0.2, 0) is 13.5 Å². The van der Waals surface area contributed by atoms with Crippen LogP contribution in [0.15, 0.2) is 12.4 Å². The lowest BCUT2D eigenvalue weighted by Crippen LogP contribution is -2.46. The van der Waals surface area contributed by atoms with Crippen LogP contribution in [-0.4, -0.2) is 52.8 Å². The highest BCUT2D eigenvalue weighted by molar-refractivity contribution is 4.92. The number of hydrogen-bond acceptors (Lipinski definition) is 3. The predicted molar refractivity (Wildman–Crippen MR) is 70.4 cm³/mol. The van der Waals surface area contributed by atoms with Crippen molar-refractivity contribution in [1.29, 1.82) is 0 Å². The zero-order valence-electron chi connectivity index (χ0n) is 11.7. The summed E-state index contributed by atoms with van der Waals surface area (Å²) in [5.74, 6) is 1.02. The zero-order chi connectivity index (χ0) is 14.6. The van der Waals surface area contributed by atoms with Crippen molar-refractivity contribution in [3.05, 3.63) is 18.2 Å². The summed E-state index contributed by atoms with van der Waals surface area (Å²) >= 11 is 0. The standard InChI is InChI=1S/C13H21F3N4/c1-19-9-6-18-12(19)2-5-17-11-3-7-20(8-4-11)10-13(14,15)16/h6,9,11,17H,2-5,7-8,10H2,1H3. The quantitative estimate of drug-likeness (QED) is 0.894. The molecule has 0 aliphatic carbocycles. The largest absolute Gasteiger partial charge is 0.401 e. The summed E-state index contributed by atoms with van der Waals surface area (Å²) in [7, 11) is 1.96. The molecular weight excluding hydrogens is 269 g/mol. The minimum absolute atomic E-state index is 0.319. The Bertz CT molecular complexity index is 408. The first kappa shape index (κ1) is 15.3. The van der Waals surface area contributed by atoms with E-state index in [1.807, 2.05) is 17.8 Å². The number of piperidine rings is 1. The summed E-state index contributed by atoms with van der Waals surface area (Å²) < 4.78 is 38.8. The zero-order valence-corrected chi connectivity index (χ0v) is 11.7. The van der Waals surface area contributed by atoms with E-state index >= 15 is 0 Å². The maximum absolute atomic E-state index is 12.3. The third kappa shape index (κ3) is 4.79. The monoisotopic (exact) mass is 290 g/mol. The van der Waals surface area contributed by atoms with Crippen LogP contribution in [0.3, 0.4) is 0 Å². The normalized spacial score (nSPS) is 18.6. The average molecular weight is 290 g/mol. The molecule has 1 aromatic rings. The van der Waals surface area contributed by atoms with Gasteiger partial charge in [0.05, 0.1) is 6.54 Å². The van der Waals surface area contributed by atoms with Crippen molar-refractivity contribution in [1.82, 2.24) is 19.8 Å². The maximum atomic E-state index is 12.3. The highest BCUT2D eigenvalue weighted by Crippen LogP contribution is 2.19. The number of imidazole rings is 1. The smallest absolute Gasteiger partial charge is 0.338 e. The molecule has 0 unspecified atom stereocenters. The number of alkyl halides is 3. The molecule has 2 rings (SSSR count). The number of likely N-dealkylation sites (tertiary alicyclic amines) is 1. The Labute approximate surface area is 117 Å². The first-order chi connectivity index (χ1) is 9.44. The molecule has 0 aromatic carbocycles. The van der Waals surface area contributed by atoms with E-state index in [0.29, 0.717) is 19.1 Å². The van der Waals surface area contributed by atoms with E-state index in [4.69, 9.17) is 0 Å². The van der Waals surface area contributed by atoms with Crippen LogP contribution in [0.1, 0.15) is 18.7 Å². The fraction of sp³-hybridized carbons (Fsp3) is 0.769. The Morgan fingerprint density at radius 2 is 2.05 bits per heavy atom. The number of nitrogens with one attached hydrogen (secondary N) is 1. The van der Waals surface area contributed by atoms with Gasteiger partial charge in [-0.2, -0.15) is 13.2 Å². The number of hydrogen-bond donors (Lipinski definition) is 1. The van der Waals surface area contributed by atoms with Gasteiger partial charge in [-0.25, -0.2) is 4.98 Å². The lowest BCUT2D eigenvalue weighted by Gasteiger charge is -2.32. The molecule has 0 bridgehead atoms. The molecule has 1 aliphatic rings. The fourth-order valence-corrected chi connectivity index (χ4v) is 2.57. The van der Waals surface area contributed by atoms with E-state index in [9.17, 15) is 13.2 Å². The lowest BCUT2D eigenvalue weighted by atomic mass is 10.0. The van der Waals surface area contributed by atoms with Crippen LogP contribution in [0.4, 0.5) is 13.2 Å². The predicted octanol–water partition coefficient (Wildman–Crippen LogP) is 1.58. The molecule has 0 atom stereocenters. The first-order valence-corrected chi connectivity index (χ1v) is 6.93. The number of halogens is 3. The molecule has 1 N–H and O–H groups in total. The van der Waals surface area contributed by atoms with Crippen molar-refractivity contribution in [2.75, 3.05) is 26.2 Å². The molecule has 0 radical (unpaired) electrons. The van der Waals surface area contributed by atoms with Gasteiger partial charge in [-0.15, -0.1) is 0 Å². The van der Waals surface area contributed by atoms with Crippen LogP contribution in [0.5, 0.6) is 0 Å². The molecule has 0 saturated carbocycles. The minimum atomic E-state index is -4.08. The molecule has 2 heterocycles. The molecule has 114 valence electrons. The molecule has 4 nitrogen and oxygen atoms in total. The summed E-state index contributed by atoms with van der Waals surface area (Å²) in [5.41, 5.74) is 0. The van der Waals surface area contributed by atoms with E-state index < -0.39 is 12.7 Å². The molecule has 1 saturated heterocycles. The van der Waals surface area contributed by atoms with Gasteiger partial charge in [0, 0.05) is 38.4 Å². The fourth-order valence-electron chi connectivity index (χ4n) is 2.57. The van der Waals surface area contributed by atoms with Gasteiger partial charge in [0.1, 0.15) is 5.82 Å². The third-order valence-electron chi connectivity index (χ3n) is 3.69. The average Bonchev–Trinajstić information content (AvgIpc) is 2.76. The van der Waals surface area contributed by atoms with Crippen molar-refractivity contribution >= 4 is 0 Å². The summed E-state index contributed by atoms with van der Waals surface area (Å²) in [5, 5.41) is 3.41. The second-order valence-electron chi connectivity index (χ2n) is 5.32. The van der Waals surface area contributed by atoms with Crippen molar-refractivity contribution < 1.29 is 13.2 Å². The molecule has 20 heavy (non-hydrogen) atoms. The van der Waals surface area contributed by atoms with Crippen molar-refractivity contribution in [2.24, 2.45) is 7.05 Å². The SMILES string of the molecule is Cn1ccnc1CCNC1CCN(CC(F)(F)F)CC1. The Balaban J connectivity index is 1.64. The van der Waals surface area contributed by atoms with Crippen LogP contribution in [0.25, 0.3) is 0 Å². The van der Waals surface area contributed by atoms with Crippen molar-refractivity contribution in [2.45, 2.75) is 31.5 Å². The molecule has 1 aromatic heterocycles. The maximum Gasteiger partial charge on any atom is 0.401 e. The second kappa shape index (κ2) is 6.58. The number of aromatic nitrogens is 2. The Kier molecular flexibility index (Phi) is 5.04. The summed E-state index contributed by atoms with van der Waals surface area (Å²) in [4.78, 5) is 5.72. The van der Waals surface area contributed by atoms with Crippen molar-refractivity contribution in [3.8, 4) is 0 Å². The van der Waals surface area contributed by atoms with Gasteiger partial charge in [0.2, 0.25) is 0 Å². The van der Waals surface area contributed by atoms with Crippen LogP contribution in [0, 0.1) is 0 Å². The Morgan fingerprint density at radius 3 is 2.60 bits per heavy atom. The van der Waals surface area contributed by atoms with Gasteiger partial charge in [0.25, 0.3) is 0 Å². The van der Waals surface area contributed by atoms with E-state index in [0.717, 1.165) is 31.6 Å². The molecule has 1 fully saturated rings. The van der Waals surface area contributed by atoms with E-state index in [-0.39, 0.29) is 0 Å².